The first-order valence-corrected chi connectivity index (χ1v) is 19.7. The summed E-state index contributed by atoms with van der Waals surface area (Å²) >= 11 is 0. The minimum absolute atomic E-state index is 0.0565. The molecule has 0 amide bonds. The van der Waals surface area contributed by atoms with E-state index >= 15 is 0 Å². The van der Waals surface area contributed by atoms with E-state index in [2.05, 4.69) is 0 Å². The maximum Gasteiger partial charge on any atom is 0.308 e. The highest BCUT2D eigenvalue weighted by Gasteiger charge is 2.48. The van der Waals surface area contributed by atoms with Gasteiger partial charge < -0.3 is 73.8 Å². The molecule has 0 spiro atoms. The van der Waals surface area contributed by atoms with E-state index in [9.17, 15) is 45.3 Å². The van der Waals surface area contributed by atoms with Crippen LogP contribution in [0.1, 0.15) is 73.6 Å². The highest BCUT2D eigenvalue weighted by atomic mass is 16.7. The minimum Gasteiger partial charge on any atom is -0.462 e. The van der Waals surface area contributed by atoms with E-state index in [0.29, 0.717) is 5.57 Å². The van der Waals surface area contributed by atoms with Gasteiger partial charge in [-0.25, -0.2) is 0 Å². The number of ether oxygens (including phenoxy) is 7. The first-order chi connectivity index (χ1) is 26.3. The second kappa shape index (κ2) is 22.1. The van der Waals surface area contributed by atoms with Crippen molar-refractivity contribution in [2.75, 3.05) is 34.9 Å². The number of methoxy groups -OCH3 is 2. The molecule has 3 heterocycles. The third-order valence-electron chi connectivity index (χ3n) is 11.8. The van der Waals surface area contributed by atoms with Gasteiger partial charge in [0.25, 0.3) is 0 Å². The van der Waals surface area contributed by atoms with Gasteiger partial charge in [0.2, 0.25) is 0 Å². The van der Waals surface area contributed by atoms with Crippen LogP contribution in [0.25, 0.3) is 0 Å². The number of aliphatic hydroxyl groups excluding tert-OH is 7. The molecule has 0 saturated carbocycles. The molecule has 18 atom stereocenters. The molecule has 0 aromatic rings. The van der Waals surface area contributed by atoms with Gasteiger partial charge in [0.15, 0.2) is 18.9 Å². The number of esters is 1. The molecule has 2 saturated heterocycles. The molecule has 17 heteroatoms. The molecule has 7 N–H and O–H groups in total. The predicted molar refractivity (Wildman–Crippen MR) is 200 cm³/mol. The van der Waals surface area contributed by atoms with Crippen LogP contribution in [-0.4, -0.2) is 179 Å². The molecule has 1 unspecified atom stereocenters. The first kappa shape index (κ1) is 48.7. The van der Waals surface area contributed by atoms with Gasteiger partial charge >= 0.3 is 5.97 Å². The lowest BCUT2D eigenvalue weighted by molar-refractivity contribution is -0.305. The summed E-state index contributed by atoms with van der Waals surface area (Å²) in [5.74, 6) is -3.84. The third-order valence-corrected chi connectivity index (χ3v) is 11.8. The molecular formula is C39H69NO16. The maximum absolute atomic E-state index is 13.8. The highest BCUT2D eigenvalue weighted by Crippen LogP contribution is 2.36. The average Bonchev–Trinajstić information content (AvgIpc) is 3.15. The van der Waals surface area contributed by atoms with Crippen molar-refractivity contribution in [3.05, 3.63) is 11.6 Å². The Kier molecular flexibility index (Phi) is 19.2. The molecule has 0 aromatic carbocycles. The number of carbonyl (C=O) groups is 2. The van der Waals surface area contributed by atoms with Crippen molar-refractivity contribution in [3.8, 4) is 0 Å². The van der Waals surface area contributed by atoms with Crippen LogP contribution in [0.15, 0.2) is 11.6 Å². The molecule has 17 nitrogen and oxygen atoms in total. The van der Waals surface area contributed by atoms with E-state index in [1.165, 1.54) is 21.1 Å². The van der Waals surface area contributed by atoms with E-state index in [1.807, 2.05) is 0 Å². The quantitative estimate of drug-likeness (QED) is 0.0817. The average molecular weight is 808 g/mol. The van der Waals surface area contributed by atoms with Gasteiger partial charge in [-0.1, -0.05) is 26.8 Å². The van der Waals surface area contributed by atoms with Crippen molar-refractivity contribution in [2.45, 2.75) is 166 Å². The molecule has 56 heavy (non-hydrogen) atoms. The summed E-state index contributed by atoms with van der Waals surface area (Å²) in [6.45, 7) is 9.67. The largest absolute Gasteiger partial charge is 0.462 e. The lowest BCUT2D eigenvalue weighted by Gasteiger charge is -2.47. The zero-order chi connectivity index (χ0) is 42.2. The van der Waals surface area contributed by atoms with Crippen LogP contribution in [0.5, 0.6) is 0 Å². The monoisotopic (exact) mass is 807 g/mol. The van der Waals surface area contributed by atoms with Gasteiger partial charge in [0.05, 0.1) is 55.7 Å². The first-order valence-electron chi connectivity index (χ1n) is 19.7. The predicted octanol–water partition coefficient (Wildman–Crippen LogP) is -0.131. The molecule has 326 valence electrons. The van der Waals surface area contributed by atoms with Crippen LogP contribution in [0.4, 0.5) is 0 Å². The number of nitrogens with zero attached hydrogens (tertiary/aromatic N) is 1. The lowest BCUT2D eigenvalue weighted by atomic mass is 9.79. The summed E-state index contributed by atoms with van der Waals surface area (Å²) in [5, 5.41) is 76.6. The molecule has 3 rings (SSSR count). The number of hydrogen-bond acceptors (Lipinski definition) is 17. The lowest BCUT2D eigenvalue weighted by Crippen LogP contribution is -2.63. The van der Waals surface area contributed by atoms with Crippen LogP contribution >= 0.6 is 0 Å². The van der Waals surface area contributed by atoms with E-state index in [0.717, 1.165) is 0 Å². The molecule has 3 aliphatic rings. The Morgan fingerprint density at radius 1 is 0.857 bits per heavy atom. The highest BCUT2D eigenvalue weighted by molar-refractivity contribution is 5.82. The van der Waals surface area contributed by atoms with Gasteiger partial charge in [0, 0.05) is 44.8 Å². The van der Waals surface area contributed by atoms with E-state index in [4.69, 9.17) is 33.2 Å². The number of allylic oxidation sites excluding steroid dienone is 1. The number of carbonyl (C=O) groups excluding carboxylic acids is 2. The Bertz CT molecular complexity index is 1250. The third kappa shape index (κ3) is 12.2. The second-order valence-electron chi connectivity index (χ2n) is 16.1. The molecule has 0 aromatic heterocycles. The summed E-state index contributed by atoms with van der Waals surface area (Å²) in [6.07, 6.45) is -14.7. The van der Waals surface area contributed by atoms with E-state index in [1.54, 1.807) is 59.7 Å². The van der Waals surface area contributed by atoms with Gasteiger partial charge in [-0.3, -0.25) is 9.59 Å². The fraction of sp³-hybridized carbons (Fsp3) is 0.897. The van der Waals surface area contributed by atoms with E-state index in [-0.39, 0.29) is 38.1 Å². The van der Waals surface area contributed by atoms with Crippen molar-refractivity contribution < 1.29 is 78.5 Å². The fourth-order valence-corrected chi connectivity index (χ4v) is 7.99. The van der Waals surface area contributed by atoms with Crippen molar-refractivity contribution in [2.24, 2.45) is 23.7 Å². The SMILES string of the molecule is CC[C@H]1OC(=O)C[C@@H](O)[C@H](C)[C@@H](O[C@@H]2O[C@H](C)[C@@H](O)[C@H](N(C)C)[C@H]2O)[C@@H](CC(OC)OC)C[C@@H](C)C(=O)C/C=C(\C)C(O)[C@@H]1CO[C@@H]1O[C@H](C)[C@@H](O)[C@@H](O)[C@H]1O. The van der Waals surface area contributed by atoms with Crippen molar-refractivity contribution >= 4 is 11.8 Å². The van der Waals surface area contributed by atoms with Gasteiger partial charge in [-0.2, -0.15) is 0 Å². The molecule has 0 radical (unpaired) electrons. The van der Waals surface area contributed by atoms with Crippen LogP contribution < -0.4 is 0 Å². The molecule has 2 fully saturated rings. The van der Waals surface area contributed by atoms with Crippen LogP contribution in [0.2, 0.25) is 0 Å². The number of hydrogen-bond donors (Lipinski definition) is 7. The van der Waals surface area contributed by atoms with Gasteiger partial charge in [0.1, 0.15) is 36.3 Å². The van der Waals surface area contributed by atoms with Crippen molar-refractivity contribution in [1.82, 2.24) is 4.90 Å². The Morgan fingerprint density at radius 3 is 2.05 bits per heavy atom. The van der Waals surface area contributed by atoms with Crippen molar-refractivity contribution in [3.63, 3.8) is 0 Å². The number of ketones is 1. The number of rotatable bonds is 11. The summed E-state index contributed by atoms with van der Waals surface area (Å²) in [5.41, 5.74) is 0.398. The maximum atomic E-state index is 13.8. The van der Waals surface area contributed by atoms with E-state index < -0.39 is 128 Å². The Labute approximate surface area is 330 Å². The van der Waals surface area contributed by atoms with Gasteiger partial charge in [-0.15, -0.1) is 0 Å². The molecule has 3 aliphatic heterocycles. The number of cyclic esters (lactones) is 1. The van der Waals surface area contributed by atoms with Gasteiger partial charge in [-0.05, 0) is 59.2 Å². The number of Topliss-reactive ketones (excluding diaryl/α,β-unsaturated/α-hetero) is 1. The summed E-state index contributed by atoms with van der Waals surface area (Å²) in [7, 11) is 6.38. The standard InChI is InChI=1S/C39H69NO16/c1-11-27-24(17-52-38-36(49)35(48)33(46)22(6)53-38)31(44)18(2)12-13-25(41)19(3)14-23(15-29(50-9)51-10)37(20(4)26(42)16-28(43)55-27)56-39-34(47)30(40(7)8)32(45)21(5)54-39/h12,19-24,26-27,29-39,42,44-49H,11,13-17H2,1-10H3/b18-12+/t19-,20+,21-,22-,23-,24-,26-,27-,30+,31?,32-,33-,34-,35-,36-,37-,38-,39+/m1/s1. The smallest absolute Gasteiger partial charge is 0.308 e. The second-order valence-corrected chi connectivity index (χ2v) is 16.1. The zero-order valence-electron chi connectivity index (χ0n) is 34.5. The van der Waals surface area contributed by atoms with Crippen LogP contribution in [0.3, 0.4) is 0 Å². The minimum atomic E-state index is -1.61. The topological polar surface area (TPSA) is 244 Å². The number of aliphatic hydroxyl groups is 7. The summed E-state index contributed by atoms with van der Waals surface area (Å²) in [6, 6.07) is -0.754. The Hall–Kier alpha value is -1.68. The molecule has 0 bridgehead atoms. The Morgan fingerprint density at radius 2 is 1.46 bits per heavy atom. The zero-order valence-corrected chi connectivity index (χ0v) is 34.5. The molecule has 0 aliphatic carbocycles. The summed E-state index contributed by atoms with van der Waals surface area (Å²) in [4.78, 5) is 29.1. The molecular weight excluding hydrogens is 738 g/mol. The summed E-state index contributed by atoms with van der Waals surface area (Å²) < 4.78 is 41.0. The van der Waals surface area contributed by atoms with Crippen LogP contribution in [-0.2, 0) is 42.7 Å². The Balaban J connectivity index is 2.02. The van der Waals surface area contributed by atoms with Crippen molar-refractivity contribution in [1.29, 1.82) is 0 Å². The van der Waals surface area contributed by atoms with Crippen LogP contribution in [0, 0.1) is 23.7 Å². The number of likely N-dealkylation sites (N-methyl/N-ethyl adjacent to an activating group) is 1. The normalized spacial score (nSPS) is 43.7. The fourth-order valence-electron chi connectivity index (χ4n) is 7.99.